The minimum absolute atomic E-state index is 0.000463. The topological polar surface area (TPSA) is 36.7 Å². The maximum atomic E-state index is 11.8. The van der Waals surface area contributed by atoms with E-state index in [1.54, 1.807) is 12.1 Å². The number of piperazine rings is 1. The van der Waals surface area contributed by atoms with Crippen molar-refractivity contribution in [3.05, 3.63) is 24.2 Å². The van der Waals surface area contributed by atoms with Crippen molar-refractivity contribution >= 4 is 28.8 Å². The highest BCUT2D eigenvalue weighted by Gasteiger charge is 2.22. The molecule has 0 bridgehead atoms. The smallest absolute Gasteiger partial charge is 0.289 e. The van der Waals surface area contributed by atoms with Crippen molar-refractivity contribution in [3.63, 3.8) is 0 Å². The Hall–Kier alpha value is -0.560. The Morgan fingerprint density at radius 2 is 2.07 bits per heavy atom. The molecule has 0 spiro atoms. The molecule has 76 valence electrons. The third-order valence-electron chi connectivity index (χ3n) is 2.24. The molecule has 1 aromatic heterocycles. The Morgan fingerprint density at radius 1 is 1.36 bits per heavy atom. The van der Waals surface area contributed by atoms with E-state index in [1.165, 1.54) is 6.26 Å². The normalized spacial score (nSPS) is 18.5. The summed E-state index contributed by atoms with van der Waals surface area (Å²) in [5, 5.41) is 0. The van der Waals surface area contributed by atoms with Gasteiger partial charge in [0, 0.05) is 49.0 Å². The van der Waals surface area contributed by atoms with E-state index in [0.29, 0.717) is 5.76 Å². The van der Waals surface area contributed by atoms with Crippen LogP contribution in [0.2, 0.25) is 0 Å². The van der Waals surface area contributed by atoms with Crippen LogP contribution in [0, 0.1) is 0 Å². The Balaban J connectivity index is 1.99. The number of hydrogen-bond acceptors (Lipinski definition) is 3. The van der Waals surface area contributed by atoms with Gasteiger partial charge in [0.2, 0.25) is 0 Å². The number of furan rings is 1. The zero-order valence-corrected chi connectivity index (χ0v) is 9.81. The van der Waals surface area contributed by atoms with Crippen molar-refractivity contribution in [3.8, 4) is 0 Å². The van der Waals surface area contributed by atoms with Crippen LogP contribution in [0.1, 0.15) is 10.6 Å². The lowest BCUT2D eigenvalue weighted by molar-refractivity contribution is 0.0679. The highest BCUT2D eigenvalue weighted by Crippen LogP contribution is 2.11. The number of rotatable bonds is 1. The molecule has 1 aliphatic rings. The molecule has 0 aliphatic carbocycles. The molecule has 1 aliphatic heterocycles. The van der Waals surface area contributed by atoms with Crippen LogP contribution < -0.4 is 0 Å². The maximum absolute atomic E-state index is 11.8. The Bertz CT molecular complexity index is 305. The van der Waals surface area contributed by atoms with Crippen LogP contribution >= 0.6 is 22.9 Å². The first-order valence-corrected chi connectivity index (χ1v) is 5.47. The summed E-state index contributed by atoms with van der Waals surface area (Å²) in [6.45, 7) is 3.41. The van der Waals surface area contributed by atoms with Crippen LogP contribution in [-0.2, 0) is 0 Å². The molecule has 2 rings (SSSR count). The third-order valence-corrected chi connectivity index (χ3v) is 3.21. The van der Waals surface area contributed by atoms with Crippen molar-refractivity contribution in [2.75, 3.05) is 26.2 Å². The van der Waals surface area contributed by atoms with Gasteiger partial charge in [0.25, 0.3) is 5.91 Å². The van der Waals surface area contributed by atoms with Crippen molar-refractivity contribution < 1.29 is 9.21 Å². The number of nitrogens with zero attached hydrogens (tertiary/aromatic N) is 2. The molecule has 1 fully saturated rings. The molecular formula is C9H11IN2O2. The van der Waals surface area contributed by atoms with E-state index in [-0.39, 0.29) is 5.91 Å². The number of carbonyl (C=O) groups is 1. The van der Waals surface area contributed by atoms with Gasteiger partial charge in [-0.2, -0.15) is 0 Å². The zero-order valence-electron chi connectivity index (χ0n) is 7.65. The molecule has 1 saturated heterocycles. The van der Waals surface area contributed by atoms with Gasteiger partial charge >= 0.3 is 0 Å². The van der Waals surface area contributed by atoms with Gasteiger partial charge in [-0.05, 0) is 12.1 Å². The molecule has 14 heavy (non-hydrogen) atoms. The first-order chi connectivity index (χ1) is 6.77. The molecule has 2 heterocycles. The SMILES string of the molecule is O=C(c1ccco1)N1CCN(I)CC1. The summed E-state index contributed by atoms with van der Waals surface area (Å²) in [5.41, 5.74) is 0. The second kappa shape index (κ2) is 4.31. The summed E-state index contributed by atoms with van der Waals surface area (Å²) < 4.78 is 7.25. The van der Waals surface area contributed by atoms with Crippen LogP contribution in [0.15, 0.2) is 22.8 Å². The van der Waals surface area contributed by atoms with Gasteiger partial charge in [0.1, 0.15) is 0 Å². The van der Waals surface area contributed by atoms with Crippen LogP contribution in [0.5, 0.6) is 0 Å². The third kappa shape index (κ3) is 2.09. The lowest BCUT2D eigenvalue weighted by Crippen LogP contribution is -2.45. The molecule has 0 N–H and O–H groups in total. The van der Waals surface area contributed by atoms with Crippen molar-refractivity contribution in [1.82, 2.24) is 8.01 Å². The second-order valence-corrected chi connectivity index (χ2v) is 4.54. The largest absolute Gasteiger partial charge is 0.459 e. The predicted octanol–water partition coefficient (Wildman–Crippen LogP) is 1.39. The first kappa shape index (κ1) is 9.97. The van der Waals surface area contributed by atoms with Crippen LogP contribution in [0.3, 0.4) is 0 Å². The lowest BCUT2D eigenvalue weighted by Gasteiger charge is -2.30. The fourth-order valence-corrected chi connectivity index (χ4v) is 1.87. The van der Waals surface area contributed by atoms with Gasteiger partial charge in [-0.1, -0.05) is 0 Å². The first-order valence-electron chi connectivity index (χ1n) is 4.51. The van der Waals surface area contributed by atoms with E-state index in [1.807, 2.05) is 4.90 Å². The van der Waals surface area contributed by atoms with Gasteiger partial charge in [-0.3, -0.25) is 4.79 Å². The van der Waals surface area contributed by atoms with Crippen LogP contribution in [0.25, 0.3) is 0 Å². The van der Waals surface area contributed by atoms with Crippen molar-refractivity contribution in [2.45, 2.75) is 0 Å². The molecule has 1 aromatic rings. The number of halogens is 1. The molecule has 1 amide bonds. The minimum Gasteiger partial charge on any atom is -0.459 e. The predicted molar refractivity (Wildman–Crippen MR) is 60.2 cm³/mol. The van der Waals surface area contributed by atoms with Gasteiger partial charge < -0.3 is 9.32 Å². The van der Waals surface area contributed by atoms with Crippen molar-refractivity contribution in [2.24, 2.45) is 0 Å². The second-order valence-electron chi connectivity index (χ2n) is 3.18. The molecule has 0 atom stereocenters. The van der Waals surface area contributed by atoms with E-state index < -0.39 is 0 Å². The van der Waals surface area contributed by atoms with E-state index in [9.17, 15) is 4.79 Å². The van der Waals surface area contributed by atoms with Gasteiger partial charge in [0.05, 0.1) is 6.26 Å². The van der Waals surface area contributed by atoms with Gasteiger partial charge in [-0.25, -0.2) is 3.11 Å². The summed E-state index contributed by atoms with van der Waals surface area (Å²) in [6.07, 6.45) is 1.53. The van der Waals surface area contributed by atoms with E-state index in [2.05, 4.69) is 26.0 Å². The molecule has 4 nitrogen and oxygen atoms in total. The number of carbonyl (C=O) groups excluding carboxylic acids is 1. The summed E-state index contributed by atoms with van der Waals surface area (Å²) in [4.78, 5) is 13.6. The monoisotopic (exact) mass is 306 g/mol. The average molecular weight is 306 g/mol. The Kier molecular flexibility index (Phi) is 3.07. The highest BCUT2D eigenvalue weighted by molar-refractivity contribution is 14.1. The summed E-state index contributed by atoms with van der Waals surface area (Å²) >= 11 is 2.28. The molecule has 0 unspecified atom stereocenters. The number of amides is 1. The molecule has 0 radical (unpaired) electrons. The molecule has 0 saturated carbocycles. The van der Waals surface area contributed by atoms with E-state index in [0.717, 1.165) is 26.2 Å². The quantitative estimate of drug-likeness (QED) is 0.581. The molecule has 0 aromatic carbocycles. The standard InChI is InChI=1S/C9H11IN2O2/c10-12-5-3-11(4-6-12)9(13)8-2-1-7-14-8/h1-2,7H,3-6H2. The van der Waals surface area contributed by atoms with Gasteiger partial charge in [0.15, 0.2) is 5.76 Å². The molecule has 5 heteroatoms. The van der Waals surface area contributed by atoms with Gasteiger partial charge in [-0.15, -0.1) is 0 Å². The average Bonchev–Trinajstić information content (AvgIpc) is 2.71. The fraction of sp³-hybridized carbons (Fsp3) is 0.444. The maximum Gasteiger partial charge on any atom is 0.289 e. The lowest BCUT2D eigenvalue weighted by atomic mass is 10.3. The van der Waals surface area contributed by atoms with Crippen LogP contribution in [-0.4, -0.2) is 40.1 Å². The van der Waals surface area contributed by atoms with E-state index >= 15 is 0 Å². The fourth-order valence-electron chi connectivity index (χ4n) is 1.44. The summed E-state index contributed by atoms with van der Waals surface area (Å²) in [6, 6.07) is 3.45. The van der Waals surface area contributed by atoms with Crippen molar-refractivity contribution in [1.29, 1.82) is 0 Å². The Morgan fingerprint density at radius 3 is 2.64 bits per heavy atom. The van der Waals surface area contributed by atoms with Crippen LogP contribution in [0.4, 0.5) is 0 Å². The summed E-state index contributed by atoms with van der Waals surface area (Å²) in [5.74, 6) is 0.436. The highest BCUT2D eigenvalue weighted by atomic mass is 127. The van der Waals surface area contributed by atoms with E-state index in [4.69, 9.17) is 4.42 Å². The minimum atomic E-state index is -0.000463. The number of hydrogen-bond donors (Lipinski definition) is 0. The Labute approximate surface area is 96.3 Å². The summed E-state index contributed by atoms with van der Waals surface area (Å²) in [7, 11) is 0. The zero-order chi connectivity index (χ0) is 9.97. The molecular weight excluding hydrogens is 295 g/mol.